The molecular weight excluding hydrogens is 391 g/mol. The van der Waals surface area contributed by atoms with Crippen molar-refractivity contribution in [2.45, 2.75) is 33.9 Å². The van der Waals surface area contributed by atoms with E-state index in [0.717, 1.165) is 0 Å². The Morgan fingerprint density at radius 2 is 2.04 bits per heavy atom. The minimum absolute atomic E-state index is 0.0235. The van der Waals surface area contributed by atoms with Crippen LogP contribution in [-0.2, 0) is 13.1 Å². The van der Waals surface area contributed by atoms with E-state index < -0.39 is 5.82 Å². The maximum Gasteiger partial charge on any atom is 0.254 e. The standard InChI is InChI=1S/C15H12ClFN6OS.C2H6/c1-8-9(2-3-10(17)12(8)16)15(24)22-4-5-23-11(6-22)20-21-13(23)14-18-7-19-25-14;1-2/h2-3,7H,4-6H2,1H3;1-2H3. The number of aromatic nitrogens is 5. The zero-order valence-electron chi connectivity index (χ0n) is 15.1. The van der Waals surface area contributed by atoms with Crippen LogP contribution < -0.4 is 0 Å². The van der Waals surface area contributed by atoms with E-state index in [1.54, 1.807) is 11.8 Å². The van der Waals surface area contributed by atoms with Crippen LogP contribution in [0.3, 0.4) is 0 Å². The lowest BCUT2D eigenvalue weighted by Gasteiger charge is -2.28. The van der Waals surface area contributed by atoms with Gasteiger partial charge >= 0.3 is 0 Å². The van der Waals surface area contributed by atoms with Crippen molar-refractivity contribution < 1.29 is 9.18 Å². The molecule has 0 radical (unpaired) electrons. The highest BCUT2D eigenvalue weighted by atomic mass is 35.5. The van der Waals surface area contributed by atoms with Gasteiger partial charge in [0.25, 0.3) is 5.91 Å². The van der Waals surface area contributed by atoms with E-state index in [-0.39, 0.29) is 10.9 Å². The van der Waals surface area contributed by atoms with Gasteiger partial charge in [0.05, 0.1) is 11.6 Å². The van der Waals surface area contributed by atoms with E-state index >= 15 is 0 Å². The van der Waals surface area contributed by atoms with E-state index in [9.17, 15) is 9.18 Å². The predicted octanol–water partition coefficient (Wildman–Crippen LogP) is 3.58. The number of halogens is 2. The van der Waals surface area contributed by atoms with Gasteiger partial charge in [-0.25, -0.2) is 9.37 Å². The van der Waals surface area contributed by atoms with Crippen LogP contribution in [0.4, 0.5) is 4.39 Å². The summed E-state index contributed by atoms with van der Waals surface area (Å²) in [5.41, 5.74) is 0.831. The molecule has 7 nitrogen and oxygen atoms in total. The van der Waals surface area contributed by atoms with E-state index in [2.05, 4.69) is 19.6 Å². The van der Waals surface area contributed by atoms with Crippen molar-refractivity contribution in [3.63, 3.8) is 0 Å². The maximum absolute atomic E-state index is 13.5. The second-order valence-electron chi connectivity index (χ2n) is 5.60. The van der Waals surface area contributed by atoms with Gasteiger partial charge < -0.3 is 9.47 Å². The molecule has 0 bridgehead atoms. The first-order chi connectivity index (χ1) is 13.1. The minimum Gasteiger partial charge on any atom is -0.329 e. The molecule has 142 valence electrons. The molecule has 0 unspecified atom stereocenters. The monoisotopic (exact) mass is 408 g/mol. The van der Waals surface area contributed by atoms with E-state index in [0.29, 0.717) is 47.4 Å². The van der Waals surface area contributed by atoms with Crippen molar-refractivity contribution in [3.05, 3.63) is 46.3 Å². The molecule has 0 spiro atoms. The Morgan fingerprint density at radius 3 is 2.74 bits per heavy atom. The summed E-state index contributed by atoms with van der Waals surface area (Å²) in [5, 5.41) is 9.00. The Balaban J connectivity index is 0.00000102. The molecule has 0 atom stereocenters. The third kappa shape index (κ3) is 3.57. The number of hydrogen-bond acceptors (Lipinski definition) is 6. The van der Waals surface area contributed by atoms with E-state index in [4.69, 9.17) is 11.6 Å². The van der Waals surface area contributed by atoms with Crippen LogP contribution in [0.25, 0.3) is 10.8 Å². The first kappa shape index (κ1) is 19.4. The van der Waals surface area contributed by atoms with Crippen LogP contribution in [-0.4, -0.2) is 41.5 Å². The topological polar surface area (TPSA) is 76.8 Å². The van der Waals surface area contributed by atoms with Crippen LogP contribution in [0.15, 0.2) is 18.5 Å². The van der Waals surface area contributed by atoms with Gasteiger partial charge in [0.2, 0.25) is 0 Å². The van der Waals surface area contributed by atoms with Crippen molar-refractivity contribution in [3.8, 4) is 10.8 Å². The Labute approximate surface area is 165 Å². The molecule has 0 fully saturated rings. The van der Waals surface area contributed by atoms with Crippen LogP contribution in [0.1, 0.15) is 35.6 Å². The summed E-state index contributed by atoms with van der Waals surface area (Å²) < 4.78 is 19.4. The maximum atomic E-state index is 13.5. The highest BCUT2D eigenvalue weighted by molar-refractivity contribution is 7.08. The molecule has 1 amide bonds. The Morgan fingerprint density at radius 1 is 1.26 bits per heavy atom. The van der Waals surface area contributed by atoms with Crippen LogP contribution in [0.5, 0.6) is 0 Å². The van der Waals surface area contributed by atoms with Crippen LogP contribution in [0.2, 0.25) is 5.02 Å². The summed E-state index contributed by atoms with van der Waals surface area (Å²) in [7, 11) is 0. The molecule has 0 saturated heterocycles. The first-order valence-corrected chi connectivity index (χ1v) is 9.64. The molecule has 0 N–H and O–H groups in total. The zero-order valence-corrected chi connectivity index (χ0v) is 16.7. The van der Waals surface area contributed by atoms with Gasteiger partial charge in [-0.2, -0.15) is 4.37 Å². The largest absolute Gasteiger partial charge is 0.329 e. The lowest BCUT2D eigenvalue weighted by atomic mass is 10.1. The third-order valence-electron chi connectivity index (χ3n) is 4.16. The molecule has 4 rings (SSSR count). The van der Waals surface area contributed by atoms with Gasteiger partial charge in [0, 0.05) is 18.7 Å². The molecule has 1 aliphatic heterocycles. The summed E-state index contributed by atoms with van der Waals surface area (Å²) in [6, 6.07) is 2.67. The lowest BCUT2D eigenvalue weighted by molar-refractivity contribution is 0.0707. The third-order valence-corrected chi connectivity index (χ3v) is 5.29. The van der Waals surface area contributed by atoms with Crippen LogP contribution >= 0.6 is 23.1 Å². The first-order valence-electron chi connectivity index (χ1n) is 8.49. The van der Waals surface area contributed by atoms with Crippen molar-refractivity contribution in [2.24, 2.45) is 0 Å². The Kier molecular flexibility index (Phi) is 5.81. The van der Waals surface area contributed by atoms with Gasteiger partial charge in [-0.1, -0.05) is 25.4 Å². The number of carbonyl (C=O) groups is 1. The molecule has 2 aromatic heterocycles. The lowest BCUT2D eigenvalue weighted by Crippen LogP contribution is -2.38. The summed E-state index contributed by atoms with van der Waals surface area (Å²) in [6.45, 7) is 7.00. The summed E-state index contributed by atoms with van der Waals surface area (Å²) >= 11 is 7.17. The molecule has 3 heterocycles. The smallest absolute Gasteiger partial charge is 0.254 e. The number of carbonyl (C=O) groups excluding carboxylic acids is 1. The molecule has 3 aromatic rings. The Bertz CT molecular complexity index is 959. The zero-order chi connectivity index (χ0) is 19.6. The van der Waals surface area contributed by atoms with Crippen molar-refractivity contribution >= 4 is 29.0 Å². The molecular formula is C17H18ClFN6OS. The number of amides is 1. The van der Waals surface area contributed by atoms with Gasteiger partial charge in [-0.05, 0) is 36.2 Å². The highest BCUT2D eigenvalue weighted by Crippen LogP contribution is 2.26. The molecule has 10 heteroatoms. The molecule has 1 aromatic carbocycles. The number of fused-ring (bicyclic) bond motifs is 1. The van der Waals surface area contributed by atoms with Gasteiger partial charge in [0.15, 0.2) is 16.7 Å². The summed E-state index contributed by atoms with van der Waals surface area (Å²) in [4.78, 5) is 18.6. The second kappa shape index (κ2) is 8.10. The van der Waals surface area contributed by atoms with Crippen molar-refractivity contribution in [1.82, 2.24) is 29.0 Å². The quantitative estimate of drug-likeness (QED) is 0.647. The fourth-order valence-electron chi connectivity index (χ4n) is 2.81. The molecule has 0 aliphatic carbocycles. The molecule has 1 aliphatic rings. The normalized spacial score (nSPS) is 13.0. The summed E-state index contributed by atoms with van der Waals surface area (Å²) in [5.74, 6) is 0.600. The minimum atomic E-state index is -0.532. The number of benzene rings is 1. The fraction of sp³-hybridized carbons (Fsp3) is 0.353. The van der Waals surface area contributed by atoms with Gasteiger partial charge in [-0.3, -0.25) is 4.79 Å². The fourth-order valence-corrected chi connectivity index (χ4v) is 3.50. The predicted molar refractivity (Wildman–Crippen MR) is 101 cm³/mol. The van der Waals surface area contributed by atoms with Gasteiger partial charge in [-0.15, -0.1) is 10.2 Å². The van der Waals surface area contributed by atoms with Crippen molar-refractivity contribution in [1.29, 1.82) is 0 Å². The van der Waals surface area contributed by atoms with E-state index in [1.807, 2.05) is 18.4 Å². The number of nitrogens with zero attached hydrogens (tertiary/aromatic N) is 6. The van der Waals surface area contributed by atoms with Gasteiger partial charge in [0.1, 0.15) is 12.1 Å². The average Bonchev–Trinajstić information content (AvgIpc) is 3.36. The number of hydrogen-bond donors (Lipinski definition) is 0. The second-order valence-corrected chi connectivity index (χ2v) is 6.76. The average molecular weight is 409 g/mol. The van der Waals surface area contributed by atoms with E-state index in [1.165, 1.54) is 30.0 Å². The van der Waals surface area contributed by atoms with Crippen molar-refractivity contribution in [2.75, 3.05) is 6.54 Å². The summed E-state index contributed by atoms with van der Waals surface area (Å²) in [6.07, 6.45) is 1.47. The number of rotatable bonds is 2. The van der Waals surface area contributed by atoms with Crippen LogP contribution in [0, 0.1) is 12.7 Å². The SMILES string of the molecule is CC.Cc1c(C(=O)N2CCn3c(nnc3-c3ncns3)C2)ccc(F)c1Cl. The highest BCUT2D eigenvalue weighted by Gasteiger charge is 2.27. The molecule has 0 saturated carbocycles. The Hall–Kier alpha value is -2.39. The molecule has 27 heavy (non-hydrogen) atoms.